The van der Waals surface area contributed by atoms with Gasteiger partial charge in [-0.15, -0.1) is 0 Å². The number of alkyl halides is 1. The molecule has 0 bridgehead atoms. The molecule has 16 heavy (non-hydrogen) atoms. The number of nitro benzene ring substituents is 1. The largest absolute Gasteiger partial charge is 0.474 e. The van der Waals surface area contributed by atoms with Gasteiger partial charge in [0.1, 0.15) is 5.02 Å². The summed E-state index contributed by atoms with van der Waals surface area (Å²) in [5.74, 6) is -3.90. The number of nitrogens with two attached hydrogens (primary N) is 1. The minimum Gasteiger partial charge on any atom is -0.474 e. The zero-order valence-electron chi connectivity index (χ0n) is 7.47. The van der Waals surface area contributed by atoms with Gasteiger partial charge >= 0.3 is 5.69 Å². The average molecular weight is 273 g/mol. The molecule has 0 amide bonds. The van der Waals surface area contributed by atoms with E-state index >= 15 is 0 Å². The van der Waals surface area contributed by atoms with Crippen molar-refractivity contribution in [3.8, 4) is 5.75 Å². The molecular formula is C7H4Cl2F2N2O3. The van der Waals surface area contributed by atoms with E-state index in [-0.39, 0.29) is 0 Å². The van der Waals surface area contributed by atoms with Crippen molar-refractivity contribution in [1.82, 2.24) is 0 Å². The van der Waals surface area contributed by atoms with Crippen molar-refractivity contribution < 1.29 is 18.4 Å². The van der Waals surface area contributed by atoms with Crippen LogP contribution in [0.1, 0.15) is 0 Å². The summed E-state index contributed by atoms with van der Waals surface area (Å²) in [6.07, 6.45) is 0. The summed E-state index contributed by atoms with van der Waals surface area (Å²) in [7, 11) is 0. The molecule has 0 aromatic heterocycles. The summed E-state index contributed by atoms with van der Waals surface area (Å²) in [5.41, 5.74) is 3.28. The third-order valence-electron chi connectivity index (χ3n) is 1.67. The number of ether oxygens (including phenoxy) is 1. The van der Waals surface area contributed by atoms with Gasteiger partial charge in [0, 0.05) is 0 Å². The van der Waals surface area contributed by atoms with Gasteiger partial charge in [0.25, 0.3) is 0 Å². The van der Waals surface area contributed by atoms with Crippen LogP contribution in [0.25, 0.3) is 0 Å². The topological polar surface area (TPSA) is 78.4 Å². The third-order valence-corrected chi connectivity index (χ3v) is 2.12. The number of nitrogens with zero attached hydrogens (tertiary/aromatic N) is 1. The molecule has 0 saturated heterocycles. The van der Waals surface area contributed by atoms with Crippen LogP contribution in [0.3, 0.4) is 0 Å². The second-order valence-electron chi connectivity index (χ2n) is 2.54. The maximum absolute atomic E-state index is 13.1. The zero-order chi connectivity index (χ0) is 12.5. The van der Waals surface area contributed by atoms with Gasteiger partial charge in [-0.1, -0.05) is 23.2 Å². The van der Waals surface area contributed by atoms with Crippen LogP contribution in [0.2, 0.25) is 5.02 Å². The molecule has 1 rings (SSSR count). The molecule has 0 atom stereocenters. The highest BCUT2D eigenvalue weighted by atomic mass is 35.5. The van der Waals surface area contributed by atoms with Crippen LogP contribution in [0.4, 0.5) is 20.2 Å². The fraction of sp³-hybridized carbons (Fsp3) is 0.143. The third kappa shape index (κ3) is 1.96. The summed E-state index contributed by atoms with van der Waals surface area (Å²) in [4.78, 5) is 9.27. The highest BCUT2D eigenvalue weighted by Crippen LogP contribution is 2.42. The summed E-state index contributed by atoms with van der Waals surface area (Å²) < 4.78 is 30.8. The van der Waals surface area contributed by atoms with Gasteiger partial charge in [-0.05, 0) is 0 Å². The Kier molecular flexibility index (Phi) is 3.71. The van der Waals surface area contributed by atoms with Crippen LogP contribution in [0, 0.1) is 21.7 Å². The van der Waals surface area contributed by atoms with Crippen molar-refractivity contribution in [2.45, 2.75) is 0 Å². The minimum atomic E-state index is -1.74. The molecule has 0 unspecified atom stereocenters. The molecule has 0 saturated carbocycles. The van der Waals surface area contributed by atoms with E-state index in [4.69, 9.17) is 28.9 Å². The van der Waals surface area contributed by atoms with Crippen LogP contribution in [0.15, 0.2) is 0 Å². The van der Waals surface area contributed by atoms with Gasteiger partial charge in [0.15, 0.2) is 23.3 Å². The average Bonchev–Trinajstić information content (AvgIpc) is 2.21. The van der Waals surface area contributed by atoms with E-state index in [0.717, 1.165) is 0 Å². The summed E-state index contributed by atoms with van der Waals surface area (Å²) in [6.45, 7) is 0. The molecule has 0 radical (unpaired) electrons. The van der Waals surface area contributed by atoms with Crippen LogP contribution < -0.4 is 10.5 Å². The lowest BCUT2D eigenvalue weighted by Crippen LogP contribution is -2.06. The Morgan fingerprint density at radius 2 is 2.00 bits per heavy atom. The van der Waals surface area contributed by atoms with E-state index in [1.54, 1.807) is 0 Å². The van der Waals surface area contributed by atoms with Gasteiger partial charge in [-0.25, -0.2) is 4.39 Å². The Bertz CT molecular complexity index is 456. The molecule has 9 heteroatoms. The molecule has 0 heterocycles. The maximum atomic E-state index is 13.1. The molecule has 0 aliphatic rings. The van der Waals surface area contributed by atoms with Gasteiger partial charge in [0.2, 0.25) is 5.82 Å². The first kappa shape index (κ1) is 12.7. The van der Waals surface area contributed by atoms with Gasteiger partial charge in [0.05, 0.1) is 4.92 Å². The Hall–Kier alpha value is -1.34. The quantitative estimate of drug-likeness (QED) is 0.302. The number of nitrogen functional groups attached to an aromatic ring is 1. The van der Waals surface area contributed by atoms with Crippen molar-refractivity contribution in [1.29, 1.82) is 0 Å². The van der Waals surface area contributed by atoms with Gasteiger partial charge in [-0.3, -0.25) is 10.1 Å². The molecule has 1 aromatic rings. The van der Waals surface area contributed by atoms with Gasteiger partial charge in [-0.2, -0.15) is 4.39 Å². The second-order valence-corrected chi connectivity index (χ2v) is 3.14. The molecule has 0 fully saturated rings. The highest BCUT2D eigenvalue weighted by molar-refractivity contribution is 6.33. The van der Waals surface area contributed by atoms with E-state index in [0.29, 0.717) is 0 Å². The number of rotatable bonds is 3. The van der Waals surface area contributed by atoms with Crippen LogP contribution in [-0.2, 0) is 0 Å². The molecule has 0 spiro atoms. The summed E-state index contributed by atoms with van der Waals surface area (Å²) in [5, 5.41) is 9.66. The first-order valence-electron chi connectivity index (χ1n) is 3.70. The van der Waals surface area contributed by atoms with Crippen LogP contribution in [-0.4, -0.2) is 11.0 Å². The van der Waals surface area contributed by atoms with E-state index in [1.165, 1.54) is 0 Å². The van der Waals surface area contributed by atoms with Crippen molar-refractivity contribution in [2.24, 2.45) is 0 Å². The number of hydrogen-bond donors (Lipinski definition) is 1. The van der Waals surface area contributed by atoms with Crippen molar-refractivity contribution in [3.63, 3.8) is 0 Å². The Morgan fingerprint density at radius 1 is 1.44 bits per heavy atom. The highest BCUT2D eigenvalue weighted by Gasteiger charge is 2.30. The number of benzene rings is 1. The minimum absolute atomic E-state index is 0.466. The molecule has 0 aliphatic heterocycles. The Morgan fingerprint density at radius 3 is 2.44 bits per heavy atom. The fourth-order valence-electron chi connectivity index (χ4n) is 1.02. The SMILES string of the molecule is Nc1c(OCCl)c(Cl)c(F)c(F)c1[N+](=O)[O-]. The van der Waals surface area contributed by atoms with E-state index in [9.17, 15) is 18.9 Å². The lowest BCUT2D eigenvalue weighted by molar-refractivity contribution is -0.386. The van der Waals surface area contributed by atoms with E-state index in [1.807, 2.05) is 0 Å². The predicted molar refractivity (Wildman–Crippen MR) is 53.8 cm³/mol. The van der Waals surface area contributed by atoms with Crippen molar-refractivity contribution in [3.05, 3.63) is 26.8 Å². The first-order chi connectivity index (χ1) is 7.41. The van der Waals surface area contributed by atoms with Crippen molar-refractivity contribution >= 4 is 34.6 Å². The predicted octanol–water partition coefficient (Wildman–Crippen LogP) is 2.68. The monoisotopic (exact) mass is 272 g/mol. The lowest BCUT2D eigenvalue weighted by Gasteiger charge is -2.09. The van der Waals surface area contributed by atoms with Gasteiger partial charge < -0.3 is 10.5 Å². The molecule has 2 N–H and O–H groups in total. The summed E-state index contributed by atoms with van der Waals surface area (Å²) >= 11 is 10.5. The maximum Gasteiger partial charge on any atom is 0.334 e. The lowest BCUT2D eigenvalue weighted by atomic mass is 10.2. The molecule has 5 nitrogen and oxygen atoms in total. The number of anilines is 1. The molecule has 1 aromatic carbocycles. The van der Waals surface area contributed by atoms with E-state index < -0.39 is 44.8 Å². The van der Waals surface area contributed by atoms with E-state index in [2.05, 4.69) is 4.74 Å². The number of halogens is 4. The molecule has 88 valence electrons. The van der Waals surface area contributed by atoms with Crippen LogP contribution in [0.5, 0.6) is 5.75 Å². The standard InChI is InChI=1S/C7H4Cl2F2N2O3/c8-1-16-7-2(9)3(10)4(11)6(5(7)12)13(14)15/h1,12H2. The Balaban J connectivity index is 3.58. The summed E-state index contributed by atoms with van der Waals surface area (Å²) in [6, 6.07) is -0.466. The second kappa shape index (κ2) is 4.67. The number of hydrogen-bond acceptors (Lipinski definition) is 4. The smallest absolute Gasteiger partial charge is 0.334 e. The van der Waals surface area contributed by atoms with Crippen molar-refractivity contribution in [2.75, 3.05) is 11.8 Å². The molecular weight excluding hydrogens is 269 g/mol. The first-order valence-corrected chi connectivity index (χ1v) is 4.62. The normalized spacial score (nSPS) is 10.2. The molecule has 0 aliphatic carbocycles. The fourth-order valence-corrected chi connectivity index (χ4v) is 1.37. The Labute approximate surface area is 97.8 Å². The van der Waals surface area contributed by atoms with Crippen LogP contribution >= 0.6 is 23.2 Å². The zero-order valence-corrected chi connectivity index (χ0v) is 8.98. The number of nitro groups is 1.